The number of hydrogen-bond donors (Lipinski definition) is 1. The van der Waals surface area contributed by atoms with Crippen LogP contribution in [-0.2, 0) is 0 Å². The molecule has 1 radical (unpaired) electrons. The summed E-state index contributed by atoms with van der Waals surface area (Å²) in [4.78, 5) is 0. The van der Waals surface area contributed by atoms with Crippen molar-refractivity contribution in [3.63, 3.8) is 0 Å². The molecule has 0 amide bonds. The Labute approximate surface area is 48.6 Å². The summed E-state index contributed by atoms with van der Waals surface area (Å²) in [5, 5.41) is 8.90. The third kappa shape index (κ3) is 0.808. The Bertz CT molecular complexity index is 160. The summed E-state index contributed by atoms with van der Waals surface area (Å²) < 4.78 is 0. The van der Waals surface area contributed by atoms with Crippen molar-refractivity contribution in [2.45, 2.75) is 6.92 Å². The van der Waals surface area contributed by atoms with Crippen molar-refractivity contribution in [1.29, 1.82) is 0 Å². The van der Waals surface area contributed by atoms with Crippen LogP contribution < -0.4 is 0 Å². The van der Waals surface area contributed by atoms with Gasteiger partial charge in [0.1, 0.15) is 5.75 Å². The molecule has 0 aliphatic carbocycles. The van der Waals surface area contributed by atoms with Crippen molar-refractivity contribution in [3.8, 4) is 5.75 Å². The van der Waals surface area contributed by atoms with Crippen molar-refractivity contribution in [2.75, 3.05) is 0 Å². The average molecular weight is 107 g/mol. The van der Waals surface area contributed by atoms with E-state index in [0.29, 0.717) is 5.75 Å². The van der Waals surface area contributed by atoms with Crippen molar-refractivity contribution in [2.24, 2.45) is 0 Å². The van der Waals surface area contributed by atoms with Crippen LogP contribution in [-0.4, -0.2) is 5.11 Å². The highest BCUT2D eigenvalue weighted by Gasteiger charge is 1.87. The molecule has 0 bridgehead atoms. The Morgan fingerprint density at radius 2 is 2.38 bits per heavy atom. The fourth-order valence-electron chi connectivity index (χ4n) is 0.506. The number of phenols is 1. The van der Waals surface area contributed by atoms with Gasteiger partial charge in [0.15, 0.2) is 0 Å². The number of aromatic hydroxyl groups is 1. The fraction of sp³-hybridized carbons (Fsp3) is 0.143. The van der Waals surface area contributed by atoms with Crippen LogP contribution in [0.1, 0.15) is 5.56 Å². The Balaban J connectivity index is 3.13. The van der Waals surface area contributed by atoms with Crippen LogP contribution in [0.5, 0.6) is 5.75 Å². The maximum Gasteiger partial charge on any atom is 0.118 e. The first-order valence-electron chi connectivity index (χ1n) is 2.46. The first kappa shape index (κ1) is 5.16. The third-order valence-corrected chi connectivity index (χ3v) is 1.04. The number of aryl methyl sites for hydroxylation is 1. The minimum atomic E-state index is 0.337. The molecule has 0 aliphatic rings. The van der Waals surface area contributed by atoms with Gasteiger partial charge in [-0.2, -0.15) is 0 Å². The quantitative estimate of drug-likeness (QED) is 0.532. The van der Waals surface area contributed by atoms with Crippen LogP contribution in [0, 0.1) is 13.0 Å². The average Bonchev–Trinajstić information content (AvgIpc) is 1.77. The SMILES string of the molecule is Cc1c[c]ccc1O. The summed E-state index contributed by atoms with van der Waals surface area (Å²) in [5.74, 6) is 0.337. The van der Waals surface area contributed by atoms with Crippen molar-refractivity contribution >= 4 is 0 Å². The molecule has 41 valence electrons. The van der Waals surface area contributed by atoms with Gasteiger partial charge >= 0.3 is 0 Å². The van der Waals surface area contributed by atoms with E-state index in [1.165, 1.54) is 0 Å². The monoisotopic (exact) mass is 107 g/mol. The van der Waals surface area contributed by atoms with Gasteiger partial charge < -0.3 is 5.11 Å². The van der Waals surface area contributed by atoms with Gasteiger partial charge in [0.25, 0.3) is 0 Å². The standard InChI is InChI=1S/C7H7O/c1-6-4-2-3-5-7(6)8/h3-5,8H,1H3. The summed E-state index contributed by atoms with van der Waals surface area (Å²) in [5.41, 5.74) is 0.868. The van der Waals surface area contributed by atoms with E-state index >= 15 is 0 Å². The normalized spacial score (nSPS) is 9.12. The molecule has 1 aromatic rings. The summed E-state index contributed by atoms with van der Waals surface area (Å²) in [7, 11) is 0. The molecule has 0 aliphatic heterocycles. The van der Waals surface area contributed by atoms with Crippen LogP contribution >= 0.6 is 0 Å². The van der Waals surface area contributed by atoms with Gasteiger partial charge in [0, 0.05) is 0 Å². The van der Waals surface area contributed by atoms with Crippen molar-refractivity contribution in [3.05, 3.63) is 29.8 Å². The molecule has 1 rings (SSSR count). The molecule has 0 heterocycles. The molecule has 1 N–H and O–H groups in total. The van der Waals surface area contributed by atoms with E-state index in [9.17, 15) is 0 Å². The maximum atomic E-state index is 8.90. The summed E-state index contributed by atoms with van der Waals surface area (Å²) in [6.45, 7) is 1.84. The molecule has 8 heavy (non-hydrogen) atoms. The summed E-state index contributed by atoms with van der Waals surface area (Å²) >= 11 is 0. The predicted octanol–water partition coefficient (Wildman–Crippen LogP) is 1.50. The van der Waals surface area contributed by atoms with Crippen LogP contribution in [0.25, 0.3) is 0 Å². The minimum absolute atomic E-state index is 0.337. The van der Waals surface area contributed by atoms with Crippen LogP contribution in [0.3, 0.4) is 0 Å². The Kier molecular flexibility index (Phi) is 1.20. The lowest BCUT2D eigenvalue weighted by Gasteiger charge is -1.91. The van der Waals surface area contributed by atoms with Gasteiger partial charge in [-0.1, -0.05) is 6.07 Å². The van der Waals surface area contributed by atoms with E-state index < -0.39 is 0 Å². The third-order valence-electron chi connectivity index (χ3n) is 1.04. The van der Waals surface area contributed by atoms with Gasteiger partial charge in [0.05, 0.1) is 0 Å². The molecule has 0 saturated heterocycles. The minimum Gasteiger partial charge on any atom is -0.508 e. The molecular weight excluding hydrogens is 100 g/mol. The zero-order valence-electron chi connectivity index (χ0n) is 4.68. The van der Waals surface area contributed by atoms with Gasteiger partial charge in [-0.25, -0.2) is 0 Å². The van der Waals surface area contributed by atoms with Gasteiger partial charge in [-0.15, -0.1) is 0 Å². The van der Waals surface area contributed by atoms with E-state index in [1.807, 2.05) is 6.92 Å². The number of phenolic OH excluding ortho intramolecular Hbond substituents is 1. The van der Waals surface area contributed by atoms with Gasteiger partial charge in [-0.3, -0.25) is 0 Å². The molecule has 0 aromatic heterocycles. The molecule has 1 aromatic carbocycles. The first-order chi connectivity index (χ1) is 3.80. The number of hydrogen-bond acceptors (Lipinski definition) is 1. The second-order valence-electron chi connectivity index (χ2n) is 1.71. The Morgan fingerprint density at radius 3 is 2.75 bits per heavy atom. The van der Waals surface area contributed by atoms with E-state index in [2.05, 4.69) is 6.07 Å². The van der Waals surface area contributed by atoms with E-state index in [-0.39, 0.29) is 0 Å². The molecule has 1 heteroatoms. The van der Waals surface area contributed by atoms with Crippen molar-refractivity contribution in [1.82, 2.24) is 0 Å². The second kappa shape index (κ2) is 1.86. The predicted molar refractivity (Wildman–Crippen MR) is 31.7 cm³/mol. The highest BCUT2D eigenvalue weighted by molar-refractivity contribution is 5.29. The van der Waals surface area contributed by atoms with Crippen molar-refractivity contribution < 1.29 is 5.11 Å². The highest BCUT2D eigenvalue weighted by Crippen LogP contribution is 2.11. The van der Waals surface area contributed by atoms with Gasteiger partial charge in [0.2, 0.25) is 0 Å². The number of rotatable bonds is 0. The van der Waals surface area contributed by atoms with Crippen LogP contribution in [0.15, 0.2) is 18.2 Å². The Morgan fingerprint density at radius 1 is 1.62 bits per heavy atom. The molecule has 0 saturated carbocycles. The van der Waals surface area contributed by atoms with E-state index in [4.69, 9.17) is 5.11 Å². The maximum absolute atomic E-state index is 8.90. The summed E-state index contributed by atoms with van der Waals surface area (Å²) in [6.07, 6.45) is 0. The lowest BCUT2D eigenvalue weighted by atomic mass is 10.2. The smallest absolute Gasteiger partial charge is 0.118 e. The lowest BCUT2D eigenvalue weighted by molar-refractivity contribution is 0.471. The second-order valence-corrected chi connectivity index (χ2v) is 1.71. The zero-order valence-corrected chi connectivity index (χ0v) is 4.68. The molecule has 1 nitrogen and oxygen atoms in total. The summed E-state index contributed by atoms with van der Waals surface area (Å²) in [6, 6.07) is 7.89. The molecule has 0 fully saturated rings. The van der Waals surface area contributed by atoms with Crippen LogP contribution in [0.2, 0.25) is 0 Å². The molecule has 0 spiro atoms. The zero-order chi connectivity index (χ0) is 5.98. The topological polar surface area (TPSA) is 20.2 Å². The van der Waals surface area contributed by atoms with E-state index in [0.717, 1.165) is 5.56 Å². The Hall–Kier alpha value is -0.980. The lowest BCUT2D eigenvalue weighted by Crippen LogP contribution is -1.69. The van der Waals surface area contributed by atoms with Gasteiger partial charge in [-0.05, 0) is 30.7 Å². The molecule has 0 unspecified atom stereocenters. The molecule has 0 atom stereocenters. The first-order valence-corrected chi connectivity index (χ1v) is 2.46. The largest absolute Gasteiger partial charge is 0.508 e. The highest BCUT2D eigenvalue weighted by atomic mass is 16.3. The molecular formula is C7H7O. The number of benzene rings is 1. The fourth-order valence-corrected chi connectivity index (χ4v) is 0.506. The van der Waals surface area contributed by atoms with E-state index in [1.54, 1.807) is 18.2 Å². The van der Waals surface area contributed by atoms with Crippen LogP contribution in [0.4, 0.5) is 0 Å².